The van der Waals surface area contributed by atoms with Gasteiger partial charge in [0.05, 0.1) is 17.7 Å². The van der Waals surface area contributed by atoms with Crippen molar-refractivity contribution < 1.29 is 13.9 Å². The molecule has 0 atom stereocenters. The van der Waals surface area contributed by atoms with Crippen LogP contribution in [0, 0.1) is 5.82 Å². The van der Waals surface area contributed by atoms with Crippen molar-refractivity contribution in [2.75, 3.05) is 38.7 Å². The van der Waals surface area contributed by atoms with Gasteiger partial charge in [-0.25, -0.2) is 9.37 Å². The fourth-order valence-electron chi connectivity index (χ4n) is 2.80. The molecule has 7 heteroatoms. The molecule has 0 spiro atoms. The van der Waals surface area contributed by atoms with Crippen LogP contribution in [0.15, 0.2) is 42.5 Å². The first kappa shape index (κ1) is 20.2. The number of nitrogens with zero attached hydrogens (tertiary/aromatic N) is 3. The molecule has 3 rings (SSSR count). The zero-order valence-corrected chi connectivity index (χ0v) is 17.1. The molecule has 0 aliphatic heterocycles. The van der Waals surface area contributed by atoms with Gasteiger partial charge in [-0.1, -0.05) is 29.5 Å². The van der Waals surface area contributed by atoms with Gasteiger partial charge in [-0.3, -0.25) is 9.69 Å². The lowest BCUT2D eigenvalue weighted by Crippen LogP contribution is -2.37. The summed E-state index contributed by atoms with van der Waals surface area (Å²) in [5.41, 5.74) is 1.55. The lowest BCUT2D eigenvalue weighted by Gasteiger charge is -2.22. The number of halogens is 1. The van der Waals surface area contributed by atoms with E-state index in [9.17, 15) is 9.18 Å². The highest BCUT2D eigenvalue weighted by Gasteiger charge is 2.21. The van der Waals surface area contributed by atoms with Gasteiger partial charge in [0, 0.05) is 13.1 Å². The highest BCUT2D eigenvalue weighted by atomic mass is 32.1. The van der Waals surface area contributed by atoms with Crippen molar-refractivity contribution in [3.8, 4) is 5.75 Å². The summed E-state index contributed by atoms with van der Waals surface area (Å²) in [5.74, 6) is 0.349. The van der Waals surface area contributed by atoms with E-state index in [0.717, 1.165) is 21.5 Å². The normalized spacial score (nSPS) is 11.2. The predicted molar refractivity (Wildman–Crippen MR) is 112 cm³/mol. The first-order valence-electron chi connectivity index (χ1n) is 9.20. The Hall–Kier alpha value is -2.51. The predicted octanol–water partition coefficient (Wildman–Crippen LogP) is 3.97. The third-order valence-electron chi connectivity index (χ3n) is 4.24. The van der Waals surface area contributed by atoms with E-state index in [1.807, 2.05) is 44.1 Å². The molecular weight excluding hydrogens is 377 g/mol. The first-order valence-corrected chi connectivity index (χ1v) is 10.0. The highest BCUT2D eigenvalue weighted by Crippen LogP contribution is 2.34. The summed E-state index contributed by atoms with van der Waals surface area (Å²) < 4.78 is 19.8. The minimum absolute atomic E-state index is 0.0644. The molecule has 0 radical (unpaired) electrons. The summed E-state index contributed by atoms with van der Waals surface area (Å²) >= 11 is 1.47. The van der Waals surface area contributed by atoms with E-state index in [1.54, 1.807) is 17.0 Å². The molecule has 0 saturated carbocycles. The number of likely N-dealkylation sites (N-methyl/N-ethyl adjacent to an activating group) is 1. The Labute approximate surface area is 168 Å². The second kappa shape index (κ2) is 9.12. The Kier molecular flexibility index (Phi) is 6.59. The van der Waals surface area contributed by atoms with Crippen LogP contribution in [-0.4, -0.2) is 49.6 Å². The fraction of sp³-hybridized carbons (Fsp3) is 0.333. The summed E-state index contributed by atoms with van der Waals surface area (Å²) in [6.45, 7) is 3.72. The van der Waals surface area contributed by atoms with Crippen LogP contribution < -0.4 is 9.64 Å². The molecule has 0 N–H and O–H groups in total. The number of anilines is 1. The second-order valence-corrected chi connectivity index (χ2v) is 7.69. The Balaban J connectivity index is 1.90. The molecule has 0 unspecified atom stereocenters. The molecule has 1 heterocycles. The van der Waals surface area contributed by atoms with Gasteiger partial charge in [0.2, 0.25) is 5.91 Å². The van der Waals surface area contributed by atoms with Crippen LogP contribution in [0.2, 0.25) is 0 Å². The zero-order chi connectivity index (χ0) is 20.1. The summed E-state index contributed by atoms with van der Waals surface area (Å²) in [4.78, 5) is 21.5. The van der Waals surface area contributed by atoms with Crippen molar-refractivity contribution >= 4 is 32.6 Å². The van der Waals surface area contributed by atoms with Crippen LogP contribution in [0.4, 0.5) is 9.52 Å². The number of rotatable bonds is 8. The summed E-state index contributed by atoms with van der Waals surface area (Å²) in [6.07, 6.45) is 0.196. The van der Waals surface area contributed by atoms with Gasteiger partial charge in [0.25, 0.3) is 0 Å². The van der Waals surface area contributed by atoms with Crippen LogP contribution in [0.1, 0.15) is 12.5 Å². The van der Waals surface area contributed by atoms with Crippen molar-refractivity contribution in [3.63, 3.8) is 0 Å². The van der Waals surface area contributed by atoms with E-state index in [2.05, 4.69) is 0 Å². The summed E-state index contributed by atoms with van der Waals surface area (Å²) in [7, 11) is 3.93. The fourth-order valence-corrected chi connectivity index (χ4v) is 3.82. The molecule has 0 aliphatic rings. The largest absolute Gasteiger partial charge is 0.492 e. The minimum atomic E-state index is -0.310. The number of benzene rings is 2. The third-order valence-corrected chi connectivity index (χ3v) is 5.29. The lowest BCUT2D eigenvalue weighted by molar-refractivity contribution is -0.118. The Morgan fingerprint density at radius 1 is 1.14 bits per heavy atom. The topological polar surface area (TPSA) is 45.7 Å². The monoisotopic (exact) mass is 401 g/mol. The van der Waals surface area contributed by atoms with Gasteiger partial charge in [-0.05, 0) is 50.8 Å². The number of hydrogen-bond donors (Lipinski definition) is 0. The molecule has 3 aromatic rings. The summed E-state index contributed by atoms with van der Waals surface area (Å²) in [6, 6.07) is 11.8. The Bertz CT molecular complexity index is 940. The van der Waals surface area contributed by atoms with Crippen molar-refractivity contribution in [1.29, 1.82) is 0 Å². The van der Waals surface area contributed by atoms with E-state index in [4.69, 9.17) is 9.72 Å². The number of thiazole rings is 1. The van der Waals surface area contributed by atoms with Crippen LogP contribution >= 0.6 is 11.3 Å². The number of ether oxygens (including phenoxy) is 1. The minimum Gasteiger partial charge on any atom is -0.492 e. The molecule has 1 aromatic heterocycles. The van der Waals surface area contributed by atoms with E-state index in [-0.39, 0.29) is 18.1 Å². The average molecular weight is 402 g/mol. The van der Waals surface area contributed by atoms with Gasteiger partial charge < -0.3 is 9.64 Å². The molecule has 0 aliphatic carbocycles. The maximum absolute atomic E-state index is 13.2. The molecular formula is C21H24FN3O2S. The first-order chi connectivity index (χ1) is 13.5. The molecule has 5 nitrogen and oxygen atoms in total. The number of hydrogen-bond acceptors (Lipinski definition) is 5. The van der Waals surface area contributed by atoms with Gasteiger partial charge in [0.1, 0.15) is 17.1 Å². The highest BCUT2D eigenvalue weighted by molar-refractivity contribution is 7.22. The van der Waals surface area contributed by atoms with Crippen molar-refractivity contribution in [2.45, 2.75) is 13.3 Å². The Morgan fingerprint density at radius 3 is 2.57 bits per heavy atom. The van der Waals surface area contributed by atoms with Crippen molar-refractivity contribution in [1.82, 2.24) is 9.88 Å². The van der Waals surface area contributed by atoms with E-state index < -0.39 is 0 Å². The molecule has 0 bridgehead atoms. The van der Waals surface area contributed by atoms with Gasteiger partial charge in [0.15, 0.2) is 5.13 Å². The molecule has 0 saturated heterocycles. The van der Waals surface area contributed by atoms with Crippen molar-refractivity contribution in [2.24, 2.45) is 0 Å². The smallest absolute Gasteiger partial charge is 0.233 e. The van der Waals surface area contributed by atoms with E-state index in [1.165, 1.54) is 23.5 Å². The third kappa shape index (κ3) is 4.85. The van der Waals surface area contributed by atoms with Crippen LogP contribution in [0.5, 0.6) is 5.75 Å². The SMILES string of the molecule is CCOc1cccc2sc(N(CCN(C)C)C(=O)Cc3ccc(F)cc3)nc12. The molecule has 28 heavy (non-hydrogen) atoms. The standard InChI is InChI=1S/C21H24FN3O2S/c1-4-27-17-6-5-7-18-20(17)23-21(28-18)25(13-12-24(2)3)19(26)14-15-8-10-16(22)11-9-15/h5-11H,4,12-14H2,1-3H3. The Morgan fingerprint density at radius 2 is 1.89 bits per heavy atom. The van der Waals surface area contributed by atoms with E-state index in [0.29, 0.717) is 24.8 Å². The van der Waals surface area contributed by atoms with Crippen LogP contribution in [0.25, 0.3) is 10.2 Å². The zero-order valence-electron chi connectivity index (χ0n) is 16.3. The van der Waals surface area contributed by atoms with Gasteiger partial charge in [-0.15, -0.1) is 0 Å². The van der Waals surface area contributed by atoms with Crippen LogP contribution in [-0.2, 0) is 11.2 Å². The van der Waals surface area contributed by atoms with E-state index >= 15 is 0 Å². The average Bonchev–Trinajstić information content (AvgIpc) is 3.08. The van der Waals surface area contributed by atoms with Crippen molar-refractivity contribution in [3.05, 3.63) is 53.8 Å². The number of amides is 1. The number of fused-ring (bicyclic) bond motifs is 1. The quantitative estimate of drug-likeness (QED) is 0.573. The molecule has 0 fully saturated rings. The lowest BCUT2D eigenvalue weighted by atomic mass is 10.1. The van der Waals surface area contributed by atoms with Gasteiger partial charge in [-0.2, -0.15) is 0 Å². The van der Waals surface area contributed by atoms with Gasteiger partial charge >= 0.3 is 0 Å². The molecule has 2 aromatic carbocycles. The number of para-hydroxylation sites is 1. The number of carbonyl (C=O) groups excluding carboxylic acids is 1. The molecule has 148 valence electrons. The van der Waals surface area contributed by atoms with Crippen LogP contribution in [0.3, 0.4) is 0 Å². The maximum atomic E-state index is 13.2. The number of aromatic nitrogens is 1. The maximum Gasteiger partial charge on any atom is 0.233 e. The number of carbonyl (C=O) groups is 1. The molecule has 1 amide bonds. The second-order valence-electron chi connectivity index (χ2n) is 6.68. The summed E-state index contributed by atoms with van der Waals surface area (Å²) in [5, 5.41) is 0.649.